The summed E-state index contributed by atoms with van der Waals surface area (Å²) in [5.41, 5.74) is 9.76. The number of hydrogen-bond donors (Lipinski definition) is 0. The summed E-state index contributed by atoms with van der Waals surface area (Å²) in [5.74, 6) is 0. The van der Waals surface area contributed by atoms with E-state index >= 15 is 0 Å². The zero-order valence-electron chi connectivity index (χ0n) is 26.5. The normalized spacial score (nSPS) is 11.7. The third kappa shape index (κ3) is 4.78. The highest BCUT2D eigenvalue weighted by molar-refractivity contribution is 7.25. The molecule has 3 heteroatoms. The van der Waals surface area contributed by atoms with Gasteiger partial charge in [0.2, 0.25) is 0 Å². The van der Waals surface area contributed by atoms with Crippen molar-refractivity contribution >= 4 is 81.3 Å². The van der Waals surface area contributed by atoms with E-state index in [9.17, 15) is 0 Å². The minimum Gasteiger partial charge on any atom is -0.456 e. The monoisotopic (exact) mass is 643 g/mol. The fourth-order valence-corrected chi connectivity index (χ4v) is 8.29. The molecule has 0 saturated heterocycles. The van der Waals surface area contributed by atoms with Gasteiger partial charge in [-0.2, -0.15) is 0 Å². The molecule has 230 valence electrons. The van der Waals surface area contributed by atoms with Crippen molar-refractivity contribution in [3.63, 3.8) is 0 Å². The smallest absolute Gasteiger partial charge is 0.137 e. The summed E-state index contributed by atoms with van der Waals surface area (Å²) in [4.78, 5) is 2.33. The Kier molecular flexibility index (Phi) is 6.39. The predicted octanol–water partition coefficient (Wildman–Crippen LogP) is 13.9. The van der Waals surface area contributed by atoms with Crippen LogP contribution in [0.25, 0.3) is 75.1 Å². The van der Waals surface area contributed by atoms with Gasteiger partial charge >= 0.3 is 0 Å². The van der Waals surface area contributed by atoms with Gasteiger partial charge in [-0.05, 0) is 99.8 Å². The lowest BCUT2D eigenvalue weighted by Crippen LogP contribution is -2.10. The molecule has 49 heavy (non-hydrogen) atoms. The van der Waals surface area contributed by atoms with Crippen LogP contribution in [0.4, 0.5) is 17.1 Å². The minimum atomic E-state index is 0.877. The summed E-state index contributed by atoms with van der Waals surface area (Å²) in [5, 5.41) is 7.37. The van der Waals surface area contributed by atoms with Crippen LogP contribution in [0, 0.1) is 0 Å². The van der Waals surface area contributed by atoms with Gasteiger partial charge in [0.25, 0.3) is 0 Å². The van der Waals surface area contributed by atoms with E-state index in [1.165, 1.54) is 53.2 Å². The molecule has 8 aromatic carbocycles. The van der Waals surface area contributed by atoms with Crippen molar-refractivity contribution in [1.82, 2.24) is 0 Å². The molecule has 10 aromatic rings. The van der Waals surface area contributed by atoms with E-state index in [2.05, 4.69) is 169 Å². The number of fused-ring (bicyclic) bond motifs is 7. The number of furan rings is 1. The average molecular weight is 644 g/mol. The van der Waals surface area contributed by atoms with Gasteiger partial charge in [-0.1, -0.05) is 103 Å². The van der Waals surface area contributed by atoms with Crippen LogP contribution in [0.3, 0.4) is 0 Å². The Morgan fingerprint density at radius 1 is 0.347 bits per heavy atom. The van der Waals surface area contributed by atoms with E-state index in [4.69, 9.17) is 4.42 Å². The molecule has 2 aromatic heterocycles. The molecule has 0 aliphatic heterocycles. The molecule has 0 fully saturated rings. The Labute approximate surface area is 287 Å². The Morgan fingerprint density at radius 3 is 1.92 bits per heavy atom. The standard InChI is InChI=1S/C46H29NOS/c1-2-9-32-26-34(17-16-30(32)8-1)33-10-7-11-37(27-33)47(38-23-24-40-39-12-3-5-14-43(39)48-44(40)29-38)36-21-18-31(19-22-36)35-20-25-46-42(28-35)41-13-4-6-15-45(41)49-46/h1-29H. The molecule has 0 atom stereocenters. The first-order valence-corrected chi connectivity index (χ1v) is 17.4. The van der Waals surface area contributed by atoms with Crippen LogP contribution in [0.15, 0.2) is 180 Å². The summed E-state index contributed by atoms with van der Waals surface area (Å²) in [6, 6.07) is 63.3. The van der Waals surface area contributed by atoms with Gasteiger partial charge in [0.05, 0.1) is 0 Å². The second-order valence-electron chi connectivity index (χ2n) is 12.6. The summed E-state index contributed by atoms with van der Waals surface area (Å²) in [6.07, 6.45) is 0. The predicted molar refractivity (Wildman–Crippen MR) is 210 cm³/mol. The average Bonchev–Trinajstić information content (AvgIpc) is 3.73. The second-order valence-corrected chi connectivity index (χ2v) is 13.7. The molecule has 0 saturated carbocycles. The van der Waals surface area contributed by atoms with Crippen molar-refractivity contribution in [2.75, 3.05) is 4.90 Å². The number of anilines is 3. The number of para-hydroxylation sites is 1. The van der Waals surface area contributed by atoms with E-state index in [1.807, 2.05) is 23.5 Å². The molecule has 2 nitrogen and oxygen atoms in total. The third-order valence-corrected chi connectivity index (χ3v) is 10.8. The van der Waals surface area contributed by atoms with E-state index in [-0.39, 0.29) is 0 Å². The lowest BCUT2D eigenvalue weighted by molar-refractivity contribution is 0.669. The van der Waals surface area contributed by atoms with Gasteiger partial charge in [0.1, 0.15) is 11.2 Å². The van der Waals surface area contributed by atoms with Gasteiger partial charge in [-0.25, -0.2) is 0 Å². The molecule has 0 amide bonds. The largest absolute Gasteiger partial charge is 0.456 e. The summed E-state index contributed by atoms with van der Waals surface area (Å²) < 4.78 is 9.01. The van der Waals surface area contributed by atoms with Crippen LogP contribution in [-0.2, 0) is 0 Å². The highest BCUT2D eigenvalue weighted by Crippen LogP contribution is 2.41. The first-order chi connectivity index (χ1) is 24.2. The van der Waals surface area contributed by atoms with Crippen LogP contribution >= 0.6 is 11.3 Å². The maximum absolute atomic E-state index is 6.36. The summed E-state index contributed by atoms with van der Waals surface area (Å²) >= 11 is 1.85. The van der Waals surface area contributed by atoms with Crippen molar-refractivity contribution in [3.8, 4) is 22.3 Å². The Bertz CT molecular complexity index is 2840. The maximum atomic E-state index is 6.36. The van der Waals surface area contributed by atoms with Crippen LogP contribution in [-0.4, -0.2) is 0 Å². The molecule has 10 rings (SSSR count). The lowest BCUT2D eigenvalue weighted by atomic mass is 10.00. The van der Waals surface area contributed by atoms with Crippen LogP contribution in [0.2, 0.25) is 0 Å². The zero-order chi connectivity index (χ0) is 32.3. The Hall–Kier alpha value is -6.16. The Balaban J connectivity index is 1.09. The van der Waals surface area contributed by atoms with Crippen LogP contribution in [0.5, 0.6) is 0 Å². The van der Waals surface area contributed by atoms with Crippen molar-refractivity contribution in [2.45, 2.75) is 0 Å². The number of rotatable bonds is 5. The maximum Gasteiger partial charge on any atom is 0.137 e. The number of nitrogens with zero attached hydrogens (tertiary/aromatic N) is 1. The molecule has 0 spiro atoms. The second kappa shape index (κ2) is 11.2. The fourth-order valence-electron chi connectivity index (χ4n) is 7.20. The first kappa shape index (κ1) is 27.9. The molecule has 0 unspecified atom stereocenters. The van der Waals surface area contributed by atoms with Crippen molar-refractivity contribution in [2.24, 2.45) is 0 Å². The molecule has 0 N–H and O–H groups in total. The van der Waals surface area contributed by atoms with Crippen LogP contribution in [0.1, 0.15) is 0 Å². The van der Waals surface area contributed by atoms with Gasteiger partial charge < -0.3 is 9.32 Å². The fraction of sp³-hybridized carbons (Fsp3) is 0. The van der Waals surface area contributed by atoms with E-state index < -0.39 is 0 Å². The van der Waals surface area contributed by atoms with Crippen molar-refractivity contribution in [1.29, 1.82) is 0 Å². The number of benzene rings is 8. The summed E-state index contributed by atoms with van der Waals surface area (Å²) in [6.45, 7) is 0. The van der Waals surface area contributed by atoms with Gasteiger partial charge in [-0.15, -0.1) is 11.3 Å². The van der Waals surface area contributed by atoms with Gasteiger partial charge in [-0.3, -0.25) is 0 Å². The number of thiophene rings is 1. The van der Waals surface area contributed by atoms with Gasteiger partial charge in [0, 0.05) is 54.1 Å². The molecule has 0 radical (unpaired) electrons. The highest BCUT2D eigenvalue weighted by atomic mass is 32.1. The molecule has 0 aliphatic carbocycles. The topological polar surface area (TPSA) is 16.4 Å². The summed E-state index contributed by atoms with van der Waals surface area (Å²) in [7, 11) is 0. The molecular formula is C46H29NOS. The first-order valence-electron chi connectivity index (χ1n) is 16.6. The van der Waals surface area contributed by atoms with E-state index in [0.29, 0.717) is 0 Å². The van der Waals surface area contributed by atoms with Gasteiger partial charge in [0.15, 0.2) is 0 Å². The van der Waals surface area contributed by atoms with E-state index in [0.717, 1.165) is 39.0 Å². The van der Waals surface area contributed by atoms with Crippen molar-refractivity contribution < 1.29 is 4.42 Å². The highest BCUT2D eigenvalue weighted by Gasteiger charge is 2.17. The zero-order valence-corrected chi connectivity index (χ0v) is 27.3. The van der Waals surface area contributed by atoms with Crippen LogP contribution < -0.4 is 4.90 Å². The lowest BCUT2D eigenvalue weighted by Gasteiger charge is -2.26. The molecule has 0 aliphatic rings. The number of hydrogen-bond acceptors (Lipinski definition) is 3. The van der Waals surface area contributed by atoms with E-state index in [1.54, 1.807) is 0 Å². The quantitative estimate of drug-likeness (QED) is 0.186. The minimum absolute atomic E-state index is 0.877. The SMILES string of the molecule is c1cc(-c2ccc3ccccc3c2)cc(N(c2ccc(-c3ccc4sc5ccccc5c4c3)cc2)c2ccc3c(c2)oc2ccccc23)c1. The molecule has 2 heterocycles. The Morgan fingerprint density at radius 2 is 1.00 bits per heavy atom. The molecular weight excluding hydrogens is 615 g/mol. The van der Waals surface area contributed by atoms with Crippen molar-refractivity contribution in [3.05, 3.63) is 176 Å². The third-order valence-electron chi connectivity index (χ3n) is 9.64. The molecule has 0 bridgehead atoms.